The van der Waals surface area contributed by atoms with E-state index in [2.05, 4.69) is 0 Å². The van der Waals surface area contributed by atoms with E-state index in [-0.39, 0.29) is 28.6 Å². The third-order valence-corrected chi connectivity index (χ3v) is 3.93. The number of hydrogen-bond acceptors (Lipinski definition) is 4. The van der Waals surface area contributed by atoms with Gasteiger partial charge in [0.05, 0.1) is 11.3 Å². The first-order valence-corrected chi connectivity index (χ1v) is 6.66. The predicted molar refractivity (Wildman–Crippen MR) is 74.1 cm³/mol. The standard InChI is InChI=1S/C15H11ClO5/c1-7-12(16)9(13(17)10-3-2-4-20-10)5-8-6-11(15(18)19)21-14(7)8/h2-5,11H,6H2,1H3,(H,18,19). The summed E-state index contributed by atoms with van der Waals surface area (Å²) in [5, 5.41) is 9.29. The van der Waals surface area contributed by atoms with Gasteiger partial charge >= 0.3 is 5.97 Å². The second kappa shape index (κ2) is 4.93. The molecule has 0 saturated carbocycles. The van der Waals surface area contributed by atoms with Crippen LogP contribution < -0.4 is 4.74 Å². The van der Waals surface area contributed by atoms with E-state index < -0.39 is 12.1 Å². The van der Waals surface area contributed by atoms with Crippen LogP contribution in [0.2, 0.25) is 5.02 Å². The fraction of sp³-hybridized carbons (Fsp3) is 0.200. The molecular weight excluding hydrogens is 296 g/mol. The molecule has 0 bridgehead atoms. The van der Waals surface area contributed by atoms with Gasteiger partial charge in [0.15, 0.2) is 11.9 Å². The van der Waals surface area contributed by atoms with Crippen molar-refractivity contribution in [1.82, 2.24) is 0 Å². The molecule has 108 valence electrons. The number of hydrogen-bond donors (Lipinski definition) is 1. The van der Waals surface area contributed by atoms with Gasteiger partial charge < -0.3 is 14.3 Å². The fourth-order valence-corrected chi connectivity index (χ4v) is 2.61. The highest BCUT2D eigenvalue weighted by Crippen LogP contribution is 2.39. The summed E-state index contributed by atoms with van der Waals surface area (Å²) >= 11 is 6.23. The van der Waals surface area contributed by atoms with Crippen LogP contribution in [0.5, 0.6) is 5.75 Å². The van der Waals surface area contributed by atoms with Gasteiger partial charge in [0.2, 0.25) is 5.78 Å². The topological polar surface area (TPSA) is 76.7 Å². The van der Waals surface area contributed by atoms with Crippen molar-refractivity contribution in [3.8, 4) is 5.75 Å². The molecule has 0 radical (unpaired) electrons. The van der Waals surface area contributed by atoms with Gasteiger partial charge in [-0.05, 0) is 30.7 Å². The highest BCUT2D eigenvalue weighted by atomic mass is 35.5. The zero-order valence-electron chi connectivity index (χ0n) is 11.1. The molecule has 3 rings (SSSR count). The second-order valence-corrected chi connectivity index (χ2v) is 5.18. The van der Waals surface area contributed by atoms with E-state index in [1.807, 2.05) is 0 Å². The molecule has 0 saturated heterocycles. The van der Waals surface area contributed by atoms with Crippen LogP contribution in [0.15, 0.2) is 28.9 Å². The smallest absolute Gasteiger partial charge is 0.345 e. The van der Waals surface area contributed by atoms with Crippen LogP contribution in [-0.2, 0) is 11.2 Å². The van der Waals surface area contributed by atoms with E-state index in [9.17, 15) is 9.59 Å². The molecule has 6 heteroatoms. The van der Waals surface area contributed by atoms with Crippen molar-refractivity contribution in [2.45, 2.75) is 19.4 Å². The van der Waals surface area contributed by atoms with Crippen LogP contribution in [0.1, 0.15) is 27.2 Å². The molecule has 1 atom stereocenters. The minimum atomic E-state index is -1.04. The van der Waals surface area contributed by atoms with Crippen molar-refractivity contribution in [2.75, 3.05) is 0 Å². The molecule has 1 aromatic heterocycles. The maximum atomic E-state index is 12.4. The van der Waals surface area contributed by atoms with Gasteiger partial charge in [-0.15, -0.1) is 0 Å². The Morgan fingerprint density at radius 2 is 2.19 bits per heavy atom. The number of rotatable bonds is 3. The third-order valence-electron chi connectivity index (χ3n) is 3.45. The molecule has 1 unspecified atom stereocenters. The molecule has 21 heavy (non-hydrogen) atoms. The van der Waals surface area contributed by atoms with Crippen molar-refractivity contribution < 1.29 is 23.8 Å². The second-order valence-electron chi connectivity index (χ2n) is 4.81. The first kappa shape index (κ1) is 13.7. The lowest BCUT2D eigenvalue weighted by atomic mass is 9.99. The molecule has 1 aromatic carbocycles. The zero-order valence-corrected chi connectivity index (χ0v) is 11.8. The fourth-order valence-electron chi connectivity index (χ4n) is 2.39. The van der Waals surface area contributed by atoms with Crippen molar-refractivity contribution in [3.63, 3.8) is 0 Å². The lowest BCUT2D eigenvalue weighted by molar-refractivity contribution is -0.144. The number of ketones is 1. The van der Waals surface area contributed by atoms with E-state index in [1.165, 1.54) is 6.26 Å². The van der Waals surface area contributed by atoms with Crippen LogP contribution in [0.4, 0.5) is 0 Å². The molecule has 5 nitrogen and oxygen atoms in total. The van der Waals surface area contributed by atoms with Crippen molar-refractivity contribution in [1.29, 1.82) is 0 Å². The van der Waals surface area contributed by atoms with Crippen LogP contribution in [0.3, 0.4) is 0 Å². The normalized spacial score (nSPS) is 16.4. The predicted octanol–water partition coefficient (Wildman–Crippen LogP) is 2.86. The summed E-state index contributed by atoms with van der Waals surface area (Å²) < 4.78 is 10.5. The number of furan rings is 1. The number of carboxylic acids is 1. The van der Waals surface area contributed by atoms with E-state index >= 15 is 0 Å². The minimum absolute atomic E-state index is 0.185. The molecule has 0 fully saturated rings. The van der Waals surface area contributed by atoms with Gasteiger partial charge in [-0.1, -0.05) is 11.6 Å². The number of carbonyl (C=O) groups excluding carboxylic acids is 1. The highest BCUT2D eigenvalue weighted by Gasteiger charge is 2.33. The van der Waals surface area contributed by atoms with Gasteiger partial charge in [-0.2, -0.15) is 0 Å². The van der Waals surface area contributed by atoms with Crippen molar-refractivity contribution in [3.05, 3.63) is 51.9 Å². The molecule has 1 aliphatic heterocycles. The Morgan fingerprint density at radius 3 is 2.81 bits per heavy atom. The van der Waals surface area contributed by atoms with Crippen molar-refractivity contribution in [2.24, 2.45) is 0 Å². The number of fused-ring (bicyclic) bond motifs is 1. The first-order chi connectivity index (χ1) is 9.99. The molecule has 0 aliphatic carbocycles. The largest absolute Gasteiger partial charge is 0.478 e. The van der Waals surface area contributed by atoms with Gasteiger partial charge in [0.1, 0.15) is 5.75 Å². The average molecular weight is 307 g/mol. The Kier molecular flexibility index (Phi) is 3.22. The first-order valence-electron chi connectivity index (χ1n) is 6.28. The van der Waals surface area contributed by atoms with Crippen LogP contribution >= 0.6 is 11.6 Å². The van der Waals surface area contributed by atoms with Gasteiger partial charge in [-0.25, -0.2) is 4.79 Å². The molecular formula is C15H11ClO5. The number of aliphatic carboxylic acids is 1. The lowest BCUT2D eigenvalue weighted by Gasteiger charge is -2.10. The van der Waals surface area contributed by atoms with Gasteiger partial charge in [0, 0.05) is 17.5 Å². The lowest BCUT2D eigenvalue weighted by Crippen LogP contribution is -2.24. The Hall–Kier alpha value is -2.27. The number of carboxylic acid groups (broad SMARTS) is 1. The number of benzene rings is 1. The summed E-state index contributed by atoms with van der Waals surface area (Å²) in [4.78, 5) is 23.4. The summed E-state index contributed by atoms with van der Waals surface area (Å²) in [5.41, 5.74) is 1.52. The third kappa shape index (κ3) is 2.19. The number of carbonyl (C=O) groups is 2. The van der Waals surface area contributed by atoms with Crippen molar-refractivity contribution >= 4 is 23.4 Å². The van der Waals surface area contributed by atoms with Gasteiger partial charge in [0.25, 0.3) is 0 Å². The van der Waals surface area contributed by atoms with Gasteiger partial charge in [-0.3, -0.25) is 4.79 Å². The maximum Gasteiger partial charge on any atom is 0.345 e. The summed E-state index contributed by atoms with van der Waals surface area (Å²) in [5.74, 6) is -0.747. The monoisotopic (exact) mass is 306 g/mol. The average Bonchev–Trinajstić information content (AvgIpc) is 3.10. The highest BCUT2D eigenvalue weighted by molar-refractivity contribution is 6.35. The molecule has 0 spiro atoms. The Balaban J connectivity index is 2.06. The SMILES string of the molecule is Cc1c(Cl)c(C(=O)c2ccco2)cc2c1OC(C(=O)O)C2. The number of ether oxygens (including phenoxy) is 1. The summed E-state index contributed by atoms with van der Waals surface area (Å²) in [6, 6.07) is 4.75. The molecule has 2 aromatic rings. The maximum absolute atomic E-state index is 12.4. The van der Waals surface area contributed by atoms with Crippen LogP contribution in [-0.4, -0.2) is 23.0 Å². The summed E-state index contributed by atoms with van der Waals surface area (Å²) in [6.07, 6.45) is 0.676. The Bertz CT molecular complexity index is 733. The summed E-state index contributed by atoms with van der Waals surface area (Å²) in [6.45, 7) is 1.70. The Labute approximate surface area is 125 Å². The minimum Gasteiger partial charge on any atom is -0.478 e. The van der Waals surface area contributed by atoms with Crippen LogP contribution in [0.25, 0.3) is 0 Å². The molecule has 1 N–H and O–H groups in total. The van der Waals surface area contributed by atoms with E-state index in [1.54, 1.807) is 25.1 Å². The molecule has 2 heterocycles. The summed E-state index contributed by atoms with van der Waals surface area (Å²) in [7, 11) is 0. The quantitative estimate of drug-likeness (QED) is 0.882. The van der Waals surface area contributed by atoms with E-state index in [0.29, 0.717) is 16.9 Å². The zero-order chi connectivity index (χ0) is 15.1. The molecule has 0 amide bonds. The molecule has 1 aliphatic rings. The Morgan fingerprint density at radius 1 is 1.43 bits per heavy atom. The van der Waals surface area contributed by atoms with E-state index in [0.717, 1.165) is 0 Å². The van der Waals surface area contributed by atoms with Crippen LogP contribution in [0, 0.1) is 6.92 Å². The number of halogens is 1. The van der Waals surface area contributed by atoms with E-state index in [4.69, 9.17) is 25.9 Å².